The lowest BCUT2D eigenvalue weighted by atomic mass is 10.2. The number of aliphatic imine (C=N–C) groups is 1. The monoisotopic (exact) mass is 465 g/mol. The molecule has 0 aliphatic heterocycles. The van der Waals surface area contributed by atoms with Crippen molar-refractivity contribution in [1.29, 1.82) is 0 Å². The molecule has 0 unspecified atom stereocenters. The molecule has 1 aliphatic rings. The van der Waals surface area contributed by atoms with Gasteiger partial charge in [0.2, 0.25) is 0 Å². The summed E-state index contributed by atoms with van der Waals surface area (Å²) < 4.78 is 0. The fourth-order valence-electron chi connectivity index (χ4n) is 3.19. The van der Waals surface area contributed by atoms with Crippen molar-refractivity contribution in [2.75, 3.05) is 20.6 Å². The number of hydrogen-bond donors (Lipinski definition) is 2. The van der Waals surface area contributed by atoms with E-state index in [2.05, 4.69) is 43.4 Å². The maximum absolute atomic E-state index is 4.50. The highest BCUT2D eigenvalue weighted by Gasteiger charge is 2.10. The van der Waals surface area contributed by atoms with Gasteiger partial charge in [0.1, 0.15) is 5.82 Å². The first-order chi connectivity index (χ1) is 12.3. The summed E-state index contributed by atoms with van der Waals surface area (Å²) in [5.74, 6) is 1.83. The largest absolute Gasteiger partial charge is 0.356 e. The normalized spacial score (nSPS) is 13.9. The molecule has 0 atom stereocenters. The molecule has 6 heteroatoms. The van der Waals surface area contributed by atoms with Gasteiger partial charge in [-0.05, 0) is 31.2 Å². The predicted molar refractivity (Wildman–Crippen MR) is 119 cm³/mol. The number of guanidine groups is 1. The lowest BCUT2D eigenvalue weighted by Gasteiger charge is -2.21. The van der Waals surface area contributed by atoms with E-state index in [0.29, 0.717) is 6.54 Å². The second kappa shape index (κ2) is 10.4. The van der Waals surface area contributed by atoms with Crippen LogP contribution in [0.25, 0.3) is 11.3 Å². The Bertz CT molecular complexity index is 736. The van der Waals surface area contributed by atoms with Crippen LogP contribution in [-0.4, -0.2) is 41.5 Å². The summed E-state index contributed by atoms with van der Waals surface area (Å²) in [7, 11) is 3.86. The zero-order valence-electron chi connectivity index (χ0n) is 15.5. The number of rotatable bonds is 6. The van der Waals surface area contributed by atoms with Gasteiger partial charge in [-0.3, -0.25) is 4.99 Å². The molecule has 0 radical (unpaired) electrons. The Morgan fingerprint density at radius 1 is 1.31 bits per heavy atom. The number of nitrogens with zero attached hydrogens (tertiary/aromatic N) is 3. The fraction of sp³-hybridized carbons (Fsp3) is 0.400. The van der Waals surface area contributed by atoms with E-state index in [9.17, 15) is 0 Å². The molecular weight excluding hydrogens is 437 g/mol. The van der Waals surface area contributed by atoms with E-state index in [1.165, 1.54) is 19.3 Å². The molecule has 5 nitrogen and oxygen atoms in total. The number of halogens is 1. The highest BCUT2D eigenvalue weighted by atomic mass is 127. The third-order valence-electron chi connectivity index (χ3n) is 4.54. The molecule has 0 saturated heterocycles. The van der Waals surface area contributed by atoms with Gasteiger partial charge in [0.05, 0.1) is 18.4 Å². The zero-order chi connectivity index (χ0) is 17.5. The molecule has 0 fully saturated rings. The van der Waals surface area contributed by atoms with Crippen LogP contribution in [0.15, 0.2) is 53.2 Å². The first kappa shape index (κ1) is 20.5. The summed E-state index contributed by atoms with van der Waals surface area (Å²) in [5.41, 5.74) is 3.76. The minimum absolute atomic E-state index is 0. The van der Waals surface area contributed by atoms with Crippen molar-refractivity contribution in [1.82, 2.24) is 20.2 Å². The highest BCUT2D eigenvalue weighted by Crippen LogP contribution is 2.20. The van der Waals surface area contributed by atoms with Crippen LogP contribution in [-0.2, 0) is 6.54 Å². The van der Waals surface area contributed by atoms with Gasteiger partial charge in [0.15, 0.2) is 5.96 Å². The molecule has 0 saturated carbocycles. The Kier molecular flexibility index (Phi) is 8.15. The van der Waals surface area contributed by atoms with Gasteiger partial charge in [-0.1, -0.05) is 42.0 Å². The van der Waals surface area contributed by atoms with Gasteiger partial charge in [-0.15, -0.1) is 24.0 Å². The Labute approximate surface area is 173 Å². The summed E-state index contributed by atoms with van der Waals surface area (Å²) >= 11 is 0. The van der Waals surface area contributed by atoms with E-state index < -0.39 is 0 Å². The van der Waals surface area contributed by atoms with E-state index >= 15 is 0 Å². The zero-order valence-corrected chi connectivity index (χ0v) is 17.9. The topological polar surface area (TPSA) is 56.3 Å². The molecule has 140 valence electrons. The van der Waals surface area contributed by atoms with Crippen molar-refractivity contribution < 1.29 is 0 Å². The van der Waals surface area contributed by atoms with E-state index in [4.69, 9.17) is 0 Å². The lowest BCUT2D eigenvalue weighted by Crippen LogP contribution is -2.39. The molecule has 26 heavy (non-hydrogen) atoms. The SMILES string of the molecule is CN=C(NCCC1=CCCC1)N(C)Cc1ncc(-c2ccccc2)[nH]1.I. The summed E-state index contributed by atoms with van der Waals surface area (Å²) in [6, 6.07) is 10.3. The Hall–Kier alpha value is -1.83. The summed E-state index contributed by atoms with van der Waals surface area (Å²) in [6.45, 7) is 1.62. The summed E-state index contributed by atoms with van der Waals surface area (Å²) in [4.78, 5) is 14.4. The van der Waals surface area contributed by atoms with Crippen molar-refractivity contribution in [2.24, 2.45) is 4.99 Å². The maximum Gasteiger partial charge on any atom is 0.193 e. The third-order valence-corrected chi connectivity index (χ3v) is 4.54. The number of aromatic amines is 1. The smallest absolute Gasteiger partial charge is 0.193 e. The minimum atomic E-state index is 0. The number of nitrogens with one attached hydrogen (secondary N) is 2. The average molecular weight is 465 g/mol. The summed E-state index contributed by atoms with van der Waals surface area (Å²) in [6.07, 6.45) is 9.18. The number of imidazole rings is 1. The second-order valence-corrected chi connectivity index (χ2v) is 6.44. The van der Waals surface area contributed by atoms with Gasteiger partial charge in [0.25, 0.3) is 0 Å². The first-order valence-electron chi connectivity index (χ1n) is 8.95. The van der Waals surface area contributed by atoms with Crippen LogP contribution in [0.1, 0.15) is 31.5 Å². The van der Waals surface area contributed by atoms with Crippen LogP contribution < -0.4 is 5.32 Å². The molecule has 1 aromatic heterocycles. The van der Waals surface area contributed by atoms with Gasteiger partial charge >= 0.3 is 0 Å². The summed E-state index contributed by atoms with van der Waals surface area (Å²) in [5, 5.41) is 3.45. The molecule has 1 heterocycles. The maximum atomic E-state index is 4.50. The Morgan fingerprint density at radius 2 is 2.12 bits per heavy atom. The highest BCUT2D eigenvalue weighted by molar-refractivity contribution is 14.0. The average Bonchev–Trinajstić information content (AvgIpc) is 3.31. The molecule has 0 amide bonds. The van der Waals surface area contributed by atoms with Crippen LogP contribution in [0, 0.1) is 0 Å². The van der Waals surface area contributed by atoms with E-state index in [1.54, 1.807) is 5.57 Å². The third kappa shape index (κ3) is 5.59. The Balaban J connectivity index is 0.00000243. The molecular formula is C20H28IN5. The van der Waals surface area contributed by atoms with Crippen molar-refractivity contribution in [3.8, 4) is 11.3 Å². The Morgan fingerprint density at radius 3 is 2.81 bits per heavy atom. The predicted octanol–water partition coefficient (Wildman–Crippen LogP) is 4.20. The van der Waals surface area contributed by atoms with Crippen LogP contribution in [0.3, 0.4) is 0 Å². The van der Waals surface area contributed by atoms with Gasteiger partial charge in [-0.25, -0.2) is 4.98 Å². The van der Waals surface area contributed by atoms with Gasteiger partial charge < -0.3 is 15.2 Å². The van der Waals surface area contributed by atoms with E-state index in [1.807, 2.05) is 38.5 Å². The number of hydrogen-bond acceptors (Lipinski definition) is 2. The van der Waals surface area contributed by atoms with E-state index in [-0.39, 0.29) is 24.0 Å². The van der Waals surface area contributed by atoms with Crippen LogP contribution in [0.5, 0.6) is 0 Å². The molecule has 1 aromatic carbocycles. The number of allylic oxidation sites excluding steroid dienone is 1. The molecule has 0 spiro atoms. The quantitative estimate of drug-likeness (QED) is 0.291. The number of aromatic nitrogens is 2. The fourth-order valence-corrected chi connectivity index (χ4v) is 3.19. The number of benzene rings is 1. The lowest BCUT2D eigenvalue weighted by molar-refractivity contribution is 0.464. The minimum Gasteiger partial charge on any atom is -0.356 e. The van der Waals surface area contributed by atoms with Gasteiger partial charge in [0, 0.05) is 20.6 Å². The van der Waals surface area contributed by atoms with Crippen LogP contribution in [0.2, 0.25) is 0 Å². The molecule has 2 N–H and O–H groups in total. The second-order valence-electron chi connectivity index (χ2n) is 6.44. The molecule has 1 aliphatic carbocycles. The molecule has 2 aromatic rings. The van der Waals surface area contributed by atoms with Crippen LogP contribution in [0.4, 0.5) is 0 Å². The number of H-pyrrole nitrogens is 1. The van der Waals surface area contributed by atoms with Gasteiger partial charge in [-0.2, -0.15) is 0 Å². The van der Waals surface area contributed by atoms with Crippen LogP contribution >= 0.6 is 24.0 Å². The van der Waals surface area contributed by atoms with Crippen molar-refractivity contribution in [2.45, 2.75) is 32.2 Å². The first-order valence-corrected chi connectivity index (χ1v) is 8.95. The van der Waals surface area contributed by atoms with Crippen molar-refractivity contribution in [3.63, 3.8) is 0 Å². The molecule has 0 bridgehead atoms. The standard InChI is InChI=1S/C20H27N5.HI/c1-21-20(22-13-12-16-8-6-7-9-16)25(2)15-19-23-14-18(24-19)17-10-4-3-5-11-17;/h3-5,8,10-11,14H,6-7,9,12-13,15H2,1-2H3,(H,21,22)(H,23,24);1H. The van der Waals surface area contributed by atoms with Crippen molar-refractivity contribution in [3.05, 3.63) is 54.0 Å². The van der Waals surface area contributed by atoms with E-state index in [0.717, 1.165) is 36.0 Å². The van der Waals surface area contributed by atoms with Crippen molar-refractivity contribution >= 4 is 29.9 Å². The molecule has 3 rings (SSSR count).